The number of carbonyl (C=O) groups is 1. The molecule has 1 aromatic rings. The Bertz CT molecular complexity index is 499. The van der Waals surface area contributed by atoms with E-state index in [-0.39, 0.29) is 17.8 Å². The Morgan fingerprint density at radius 3 is 2.79 bits per heavy atom. The fourth-order valence-corrected chi connectivity index (χ4v) is 3.12. The number of hydrogen-bond donors (Lipinski definition) is 2. The second-order valence-electron chi connectivity index (χ2n) is 5.31. The number of amides is 1. The van der Waals surface area contributed by atoms with Crippen LogP contribution in [0, 0.1) is 5.92 Å². The first kappa shape index (κ1) is 12.7. The largest absolute Gasteiger partial charge is 0.382 e. The summed E-state index contributed by atoms with van der Waals surface area (Å²) in [5.74, 6) is 0.736. The number of hydrogen-bond acceptors (Lipinski definition) is 4. The second-order valence-corrected chi connectivity index (χ2v) is 5.72. The van der Waals surface area contributed by atoms with Crippen LogP contribution in [0.4, 0.5) is 5.82 Å². The number of pyridine rings is 1. The minimum absolute atomic E-state index is 0.117. The third-order valence-electron chi connectivity index (χ3n) is 4.10. The van der Waals surface area contributed by atoms with Crippen molar-refractivity contribution in [3.8, 4) is 0 Å². The van der Waals surface area contributed by atoms with Gasteiger partial charge in [-0.05, 0) is 37.9 Å². The number of piperidine rings is 3. The Hall–Kier alpha value is -1.33. The molecule has 3 N–H and O–H groups in total. The molecule has 2 bridgehead atoms. The highest BCUT2D eigenvalue weighted by Gasteiger charge is 2.34. The molecule has 1 atom stereocenters. The van der Waals surface area contributed by atoms with E-state index < -0.39 is 0 Å². The fraction of sp³-hybridized carbons (Fsp3) is 0.538. The van der Waals surface area contributed by atoms with Crippen LogP contribution in [0.1, 0.15) is 23.2 Å². The van der Waals surface area contributed by atoms with Crippen LogP contribution >= 0.6 is 11.6 Å². The average Bonchev–Trinajstić information content (AvgIpc) is 2.43. The van der Waals surface area contributed by atoms with Crippen LogP contribution in [0.15, 0.2) is 12.3 Å². The molecule has 0 spiro atoms. The molecule has 3 aliphatic rings. The Kier molecular flexibility index (Phi) is 3.33. The zero-order chi connectivity index (χ0) is 13.4. The number of nitrogen functional groups attached to an aromatic ring is 1. The average molecular weight is 281 g/mol. The van der Waals surface area contributed by atoms with E-state index in [2.05, 4.69) is 15.2 Å². The highest BCUT2D eigenvalue weighted by atomic mass is 35.5. The fourth-order valence-electron chi connectivity index (χ4n) is 2.95. The standard InChI is InChI=1S/C13H17ClN4O/c14-10-5-9(6-16-12(10)15)13(19)17-11-7-18-3-1-8(11)2-4-18/h5-6,8,11H,1-4,7H2,(H2,15,16)(H,17,19). The smallest absolute Gasteiger partial charge is 0.253 e. The van der Waals surface area contributed by atoms with Gasteiger partial charge in [-0.3, -0.25) is 4.79 Å². The normalized spacial score (nSPS) is 29.2. The van der Waals surface area contributed by atoms with E-state index in [0.717, 1.165) is 19.6 Å². The predicted molar refractivity (Wildman–Crippen MR) is 74.1 cm³/mol. The molecule has 102 valence electrons. The van der Waals surface area contributed by atoms with Gasteiger partial charge in [-0.1, -0.05) is 11.6 Å². The minimum atomic E-state index is -0.117. The van der Waals surface area contributed by atoms with Crippen LogP contribution in [-0.2, 0) is 0 Å². The molecule has 4 rings (SSSR count). The summed E-state index contributed by atoms with van der Waals surface area (Å²) in [5.41, 5.74) is 6.01. The van der Waals surface area contributed by atoms with Crippen molar-refractivity contribution in [3.05, 3.63) is 22.8 Å². The molecular weight excluding hydrogens is 264 g/mol. The Labute approximate surface area is 117 Å². The molecule has 4 heterocycles. The lowest BCUT2D eigenvalue weighted by molar-refractivity contribution is 0.0620. The predicted octanol–water partition coefficient (Wildman–Crippen LogP) is 1.14. The number of anilines is 1. The number of rotatable bonds is 2. The van der Waals surface area contributed by atoms with Gasteiger partial charge in [0.2, 0.25) is 0 Å². The summed E-state index contributed by atoms with van der Waals surface area (Å²) >= 11 is 5.89. The van der Waals surface area contributed by atoms with Gasteiger partial charge in [0.15, 0.2) is 0 Å². The Morgan fingerprint density at radius 1 is 1.47 bits per heavy atom. The lowest BCUT2D eigenvalue weighted by atomic mass is 9.84. The minimum Gasteiger partial charge on any atom is -0.382 e. The maximum atomic E-state index is 12.2. The van der Waals surface area contributed by atoms with E-state index in [9.17, 15) is 4.79 Å². The first-order valence-electron chi connectivity index (χ1n) is 6.58. The lowest BCUT2D eigenvalue weighted by Gasteiger charge is -2.44. The number of fused-ring (bicyclic) bond motifs is 3. The van der Waals surface area contributed by atoms with Crippen molar-refractivity contribution in [2.75, 3.05) is 25.4 Å². The van der Waals surface area contributed by atoms with Crippen LogP contribution in [0.3, 0.4) is 0 Å². The quantitative estimate of drug-likeness (QED) is 0.852. The number of aromatic nitrogens is 1. The summed E-state index contributed by atoms with van der Waals surface area (Å²) in [7, 11) is 0. The number of halogens is 1. The number of nitrogens with two attached hydrogens (primary N) is 1. The summed E-state index contributed by atoms with van der Waals surface area (Å²) in [6.45, 7) is 3.27. The molecule has 19 heavy (non-hydrogen) atoms. The highest BCUT2D eigenvalue weighted by molar-refractivity contribution is 6.33. The third kappa shape index (κ3) is 2.53. The molecule has 3 fully saturated rings. The Balaban J connectivity index is 1.69. The summed E-state index contributed by atoms with van der Waals surface area (Å²) in [4.78, 5) is 18.5. The first-order chi connectivity index (χ1) is 9.13. The van der Waals surface area contributed by atoms with E-state index in [4.69, 9.17) is 17.3 Å². The van der Waals surface area contributed by atoms with Crippen molar-refractivity contribution in [2.24, 2.45) is 5.92 Å². The molecule has 3 aliphatic heterocycles. The molecule has 0 aromatic carbocycles. The van der Waals surface area contributed by atoms with Crippen molar-refractivity contribution in [3.63, 3.8) is 0 Å². The molecule has 0 aliphatic carbocycles. The van der Waals surface area contributed by atoms with Gasteiger partial charge in [0.25, 0.3) is 5.91 Å². The molecule has 0 saturated carbocycles. The molecule has 1 amide bonds. The van der Waals surface area contributed by atoms with Crippen LogP contribution in [0.5, 0.6) is 0 Å². The van der Waals surface area contributed by atoms with Gasteiger partial charge in [-0.25, -0.2) is 4.98 Å². The van der Waals surface area contributed by atoms with Crippen LogP contribution in [-0.4, -0.2) is 41.5 Å². The van der Waals surface area contributed by atoms with Gasteiger partial charge in [0, 0.05) is 18.8 Å². The summed E-state index contributed by atoms with van der Waals surface area (Å²) < 4.78 is 0. The van der Waals surface area contributed by atoms with E-state index in [1.54, 1.807) is 6.07 Å². The Morgan fingerprint density at radius 2 is 2.21 bits per heavy atom. The van der Waals surface area contributed by atoms with Crippen LogP contribution < -0.4 is 11.1 Å². The van der Waals surface area contributed by atoms with Crippen molar-refractivity contribution < 1.29 is 4.79 Å². The van der Waals surface area contributed by atoms with Crippen molar-refractivity contribution in [1.82, 2.24) is 15.2 Å². The second kappa shape index (κ2) is 4.98. The summed E-state index contributed by atoms with van der Waals surface area (Å²) in [5, 5.41) is 3.41. The highest BCUT2D eigenvalue weighted by Crippen LogP contribution is 2.27. The van der Waals surface area contributed by atoms with Gasteiger partial charge in [0.1, 0.15) is 5.82 Å². The number of carbonyl (C=O) groups excluding carboxylic acids is 1. The first-order valence-corrected chi connectivity index (χ1v) is 6.95. The van der Waals surface area contributed by atoms with E-state index in [1.807, 2.05) is 0 Å². The summed E-state index contributed by atoms with van der Waals surface area (Å²) in [6.07, 6.45) is 3.81. The maximum absolute atomic E-state index is 12.2. The van der Waals surface area contributed by atoms with Crippen LogP contribution in [0.2, 0.25) is 5.02 Å². The maximum Gasteiger partial charge on any atom is 0.253 e. The van der Waals surface area contributed by atoms with Gasteiger partial charge in [0.05, 0.1) is 10.6 Å². The van der Waals surface area contributed by atoms with E-state index in [1.165, 1.54) is 19.0 Å². The molecule has 3 saturated heterocycles. The van der Waals surface area contributed by atoms with Crippen molar-refractivity contribution >= 4 is 23.3 Å². The number of nitrogens with zero attached hydrogens (tertiary/aromatic N) is 2. The van der Waals surface area contributed by atoms with Gasteiger partial charge >= 0.3 is 0 Å². The molecular formula is C13H17ClN4O. The molecule has 6 heteroatoms. The monoisotopic (exact) mass is 280 g/mol. The molecule has 1 aromatic heterocycles. The third-order valence-corrected chi connectivity index (χ3v) is 4.41. The van der Waals surface area contributed by atoms with Crippen LogP contribution in [0.25, 0.3) is 0 Å². The molecule has 0 radical (unpaired) electrons. The number of nitrogens with one attached hydrogen (secondary N) is 1. The molecule has 1 unspecified atom stereocenters. The van der Waals surface area contributed by atoms with E-state index >= 15 is 0 Å². The topological polar surface area (TPSA) is 71.2 Å². The lowest BCUT2D eigenvalue weighted by Crippen LogP contribution is -2.57. The van der Waals surface area contributed by atoms with Gasteiger partial charge in [-0.2, -0.15) is 0 Å². The summed E-state index contributed by atoms with van der Waals surface area (Å²) in [6, 6.07) is 1.81. The molecule has 5 nitrogen and oxygen atoms in total. The zero-order valence-corrected chi connectivity index (χ0v) is 11.4. The van der Waals surface area contributed by atoms with Gasteiger partial charge < -0.3 is 16.0 Å². The van der Waals surface area contributed by atoms with Crippen molar-refractivity contribution in [2.45, 2.75) is 18.9 Å². The van der Waals surface area contributed by atoms with Gasteiger partial charge in [-0.15, -0.1) is 0 Å². The van der Waals surface area contributed by atoms with Crippen molar-refractivity contribution in [1.29, 1.82) is 0 Å². The SMILES string of the molecule is Nc1ncc(C(=O)NC2CN3CCC2CC3)cc1Cl. The zero-order valence-electron chi connectivity index (χ0n) is 10.6. The van der Waals surface area contributed by atoms with E-state index in [0.29, 0.717) is 16.5 Å².